The fraction of sp³-hybridized carbons (Fsp3) is 0.462. The third-order valence-electron chi connectivity index (χ3n) is 7.01. The molecule has 0 bridgehead atoms. The van der Waals surface area contributed by atoms with Crippen molar-refractivity contribution in [3.63, 3.8) is 0 Å². The minimum absolute atomic E-state index is 0. The van der Waals surface area contributed by atoms with Crippen molar-refractivity contribution in [2.45, 2.75) is 33.9 Å². The molecule has 0 radical (unpaired) electrons. The highest BCUT2D eigenvalue weighted by Crippen LogP contribution is 2.44. The normalized spacial score (nSPS) is 13.8. The number of hydrogen-bond acceptors (Lipinski definition) is 8. The minimum Gasteiger partial charge on any atom is -0.495 e. The maximum absolute atomic E-state index is 6.55. The summed E-state index contributed by atoms with van der Waals surface area (Å²) >= 11 is 1.76. The van der Waals surface area contributed by atoms with Gasteiger partial charge in [-0.05, 0) is 48.7 Å². The summed E-state index contributed by atoms with van der Waals surface area (Å²) in [5.41, 5.74) is 12.3. The summed E-state index contributed by atoms with van der Waals surface area (Å²) in [6, 6.07) is 6.60. The molecular weight excluding hydrogens is 565 g/mol. The first kappa shape index (κ1) is 32.4. The number of nitrogen functional groups attached to an aromatic ring is 1. The highest BCUT2D eigenvalue weighted by atomic mass is 35.5. The number of hydrogen-bond donors (Lipinski definition) is 2. The van der Waals surface area contributed by atoms with Gasteiger partial charge in [0, 0.05) is 49.7 Å². The topological polar surface area (TPSA) is 84.0 Å². The van der Waals surface area contributed by atoms with Crippen molar-refractivity contribution in [3.8, 4) is 16.2 Å². The molecule has 5 rings (SSSR count). The lowest BCUT2D eigenvalue weighted by molar-refractivity contribution is 0.226. The van der Waals surface area contributed by atoms with E-state index in [1.165, 1.54) is 27.1 Å². The van der Waals surface area contributed by atoms with E-state index in [1.807, 2.05) is 4.52 Å². The van der Waals surface area contributed by atoms with Gasteiger partial charge in [0.15, 0.2) is 5.82 Å². The molecule has 1 fully saturated rings. The van der Waals surface area contributed by atoms with E-state index >= 15 is 0 Å². The molecule has 0 atom stereocenters. The summed E-state index contributed by atoms with van der Waals surface area (Å²) in [5, 5.41) is 9.37. The standard InChI is InChI=1S/C26H35N7OS.3ClH/c1-5-31(6-2)14-19-20(15-32-9-7-28-8-10-32)33-24(26(27)29-16-30-33)23(19)22-13-18-11-17(3)12-21(34-4)25(18)35-22;;;/h11-13,16,28H,5-10,14-15H2,1-4H3,(H2,27,29,30);3*1H. The van der Waals surface area contributed by atoms with Gasteiger partial charge in [-0.2, -0.15) is 5.10 Å². The highest BCUT2D eigenvalue weighted by Gasteiger charge is 2.27. The van der Waals surface area contributed by atoms with Crippen molar-refractivity contribution in [2.75, 3.05) is 52.1 Å². The number of rotatable bonds is 8. The van der Waals surface area contributed by atoms with E-state index in [1.54, 1.807) is 24.8 Å². The maximum Gasteiger partial charge on any atom is 0.152 e. The van der Waals surface area contributed by atoms with Crippen molar-refractivity contribution in [1.82, 2.24) is 29.7 Å². The van der Waals surface area contributed by atoms with Crippen LogP contribution in [0.5, 0.6) is 5.75 Å². The Labute approximate surface area is 247 Å². The summed E-state index contributed by atoms with van der Waals surface area (Å²) in [7, 11) is 1.74. The number of thiophene rings is 1. The monoisotopic (exact) mass is 601 g/mol. The molecule has 1 aromatic carbocycles. The van der Waals surface area contributed by atoms with E-state index in [0.29, 0.717) is 5.82 Å². The summed E-state index contributed by atoms with van der Waals surface area (Å²) in [6.07, 6.45) is 1.58. The smallest absolute Gasteiger partial charge is 0.152 e. The zero-order valence-corrected chi connectivity index (χ0v) is 25.6. The molecule has 210 valence electrons. The Morgan fingerprint density at radius 3 is 2.47 bits per heavy atom. The molecule has 4 aromatic rings. The Bertz CT molecular complexity index is 1350. The van der Waals surface area contributed by atoms with E-state index < -0.39 is 0 Å². The zero-order chi connectivity index (χ0) is 24.5. The van der Waals surface area contributed by atoms with Gasteiger partial charge >= 0.3 is 0 Å². The van der Waals surface area contributed by atoms with Crippen LogP contribution in [0.15, 0.2) is 24.5 Å². The van der Waals surface area contributed by atoms with Gasteiger partial charge in [0.25, 0.3) is 0 Å². The van der Waals surface area contributed by atoms with Gasteiger partial charge in [0.05, 0.1) is 17.5 Å². The van der Waals surface area contributed by atoms with Crippen LogP contribution in [0, 0.1) is 6.92 Å². The number of benzene rings is 1. The lowest BCUT2D eigenvalue weighted by atomic mass is 10.0. The van der Waals surface area contributed by atoms with Gasteiger partial charge in [-0.25, -0.2) is 9.50 Å². The molecule has 3 aromatic heterocycles. The van der Waals surface area contributed by atoms with Crippen LogP contribution in [0.3, 0.4) is 0 Å². The second-order valence-corrected chi connectivity index (χ2v) is 10.2. The third kappa shape index (κ3) is 6.14. The molecule has 0 spiro atoms. The number of ether oxygens (including phenoxy) is 1. The summed E-state index contributed by atoms with van der Waals surface area (Å²) in [5.74, 6) is 1.43. The average molecular weight is 603 g/mol. The molecular formula is C26H38Cl3N7OS. The van der Waals surface area contributed by atoms with E-state index in [-0.39, 0.29) is 37.2 Å². The maximum atomic E-state index is 6.55. The van der Waals surface area contributed by atoms with Crippen molar-refractivity contribution in [1.29, 1.82) is 0 Å². The van der Waals surface area contributed by atoms with Crippen LogP contribution in [-0.4, -0.2) is 70.8 Å². The minimum atomic E-state index is 0. The fourth-order valence-electron chi connectivity index (χ4n) is 5.11. The van der Waals surface area contributed by atoms with Crippen molar-refractivity contribution in [2.24, 2.45) is 0 Å². The summed E-state index contributed by atoms with van der Waals surface area (Å²) in [6.45, 7) is 14.2. The molecule has 0 aliphatic carbocycles. The Balaban J connectivity index is 0.00000169. The Kier molecular flexibility index (Phi) is 11.9. The predicted octanol–water partition coefficient (Wildman–Crippen LogP) is 5.02. The van der Waals surface area contributed by atoms with Gasteiger partial charge in [0.2, 0.25) is 0 Å². The first-order chi connectivity index (χ1) is 17.0. The highest BCUT2D eigenvalue weighted by molar-refractivity contribution is 7.22. The molecule has 1 saturated heterocycles. The second kappa shape index (κ2) is 14.0. The van der Waals surface area contributed by atoms with Crippen molar-refractivity contribution in [3.05, 3.63) is 41.3 Å². The predicted molar refractivity (Wildman–Crippen MR) is 166 cm³/mol. The molecule has 12 heteroatoms. The number of aryl methyl sites for hydroxylation is 1. The quantitative estimate of drug-likeness (QED) is 0.293. The molecule has 0 amide bonds. The third-order valence-corrected chi connectivity index (χ3v) is 8.20. The SMILES string of the molecule is CCN(CC)Cc1c(-c2cc3cc(C)cc(OC)c3s2)c2c(N)ncnn2c1CN1CCNCC1.Cl.Cl.Cl. The zero-order valence-electron chi connectivity index (χ0n) is 22.3. The molecule has 4 heterocycles. The molecule has 1 aliphatic heterocycles. The van der Waals surface area contributed by atoms with Crippen LogP contribution in [-0.2, 0) is 13.1 Å². The van der Waals surface area contributed by atoms with Gasteiger partial charge in [0.1, 0.15) is 17.6 Å². The number of nitrogens with one attached hydrogen (secondary N) is 1. The van der Waals surface area contributed by atoms with Crippen LogP contribution in [0.1, 0.15) is 30.7 Å². The summed E-state index contributed by atoms with van der Waals surface area (Å²) < 4.78 is 8.94. The fourth-order valence-corrected chi connectivity index (χ4v) is 6.32. The van der Waals surface area contributed by atoms with E-state index in [0.717, 1.165) is 73.9 Å². The number of halogens is 3. The number of nitrogens with zero attached hydrogens (tertiary/aromatic N) is 5. The van der Waals surface area contributed by atoms with Gasteiger partial charge in [-0.3, -0.25) is 9.80 Å². The Morgan fingerprint density at radius 2 is 1.82 bits per heavy atom. The lowest BCUT2D eigenvalue weighted by Crippen LogP contribution is -2.43. The number of fused-ring (bicyclic) bond motifs is 2. The Morgan fingerprint density at radius 1 is 1.11 bits per heavy atom. The second-order valence-electron chi connectivity index (χ2n) is 9.19. The van der Waals surface area contributed by atoms with Gasteiger partial charge < -0.3 is 15.8 Å². The first-order valence-corrected chi connectivity index (χ1v) is 13.2. The van der Waals surface area contributed by atoms with Crippen LogP contribution >= 0.6 is 48.6 Å². The van der Waals surface area contributed by atoms with E-state index in [4.69, 9.17) is 15.6 Å². The van der Waals surface area contributed by atoms with E-state index in [2.05, 4.69) is 59.1 Å². The van der Waals surface area contributed by atoms with Crippen molar-refractivity contribution >= 4 is 70.0 Å². The Hall–Kier alpha value is -1.85. The number of piperazine rings is 1. The lowest BCUT2D eigenvalue weighted by Gasteiger charge is -2.28. The van der Waals surface area contributed by atoms with Crippen LogP contribution in [0.25, 0.3) is 26.0 Å². The number of methoxy groups -OCH3 is 1. The average Bonchev–Trinajstić information content (AvgIpc) is 3.42. The van der Waals surface area contributed by atoms with E-state index in [9.17, 15) is 0 Å². The van der Waals surface area contributed by atoms with Gasteiger partial charge in [-0.1, -0.05) is 19.9 Å². The summed E-state index contributed by atoms with van der Waals surface area (Å²) in [4.78, 5) is 10.5. The molecule has 38 heavy (non-hydrogen) atoms. The van der Waals surface area contributed by atoms with Crippen molar-refractivity contribution < 1.29 is 4.74 Å². The number of anilines is 1. The number of aromatic nitrogens is 3. The molecule has 0 saturated carbocycles. The number of nitrogens with two attached hydrogens (primary N) is 1. The van der Waals surface area contributed by atoms with Crippen LogP contribution in [0.2, 0.25) is 0 Å². The first-order valence-electron chi connectivity index (χ1n) is 12.4. The largest absolute Gasteiger partial charge is 0.495 e. The van der Waals surface area contributed by atoms with Gasteiger partial charge in [-0.15, -0.1) is 48.6 Å². The molecule has 8 nitrogen and oxygen atoms in total. The molecule has 0 unspecified atom stereocenters. The van der Waals surface area contributed by atoms with Crippen LogP contribution in [0.4, 0.5) is 5.82 Å². The molecule has 1 aliphatic rings. The molecule has 3 N–H and O–H groups in total. The van der Waals surface area contributed by atoms with Crippen LogP contribution < -0.4 is 15.8 Å².